The van der Waals surface area contributed by atoms with E-state index in [1.165, 1.54) is 11.3 Å². The fourth-order valence-electron chi connectivity index (χ4n) is 3.28. The molecule has 28 heavy (non-hydrogen) atoms. The summed E-state index contributed by atoms with van der Waals surface area (Å²) in [5, 5.41) is 4.18. The summed E-state index contributed by atoms with van der Waals surface area (Å²) in [5.74, 6) is 0. The number of carbonyl (C=O) groups excluding carboxylic acids is 1. The van der Waals surface area contributed by atoms with Gasteiger partial charge in [0, 0.05) is 29.2 Å². The van der Waals surface area contributed by atoms with Crippen molar-refractivity contribution < 1.29 is 9.53 Å². The van der Waals surface area contributed by atoms with E-state index in [4.69, 9.17) is 16.3 Å². The van der Waals surface area contributed by atoms with Gasteiger partial charge >= 0.3 is 6.03 Å². The largest absolute Gasteiger partial charge is 0.383 e. The molecule has 146 valence electrons. The van der Waals surface area contributed by atoms with E-state index in [9.17, 15) is 9.59 Å². The Kier molecular flexibility index (Phi) is 5.34. The van der Waals surface area contributed by atoms with E-state index in [1.807, 2.05) is 0 Å². The zero-order valence-corrected chi connectivity index (χ0v) is 16.8. The minimum atomic E-state index is -0.170. The molecule has 3 heterocycles. The molecule has 1 aliphatic heterocycles. The molecule has 1 N–H and O–H groups in total. The molecule has 1 aromatic carbocycles. The molecule has 3 aromatic rings. The number of halogens is 1. The first kappa shape index (κ1) is 18.9. The fraction of sp³-hybridized carbons (Fsp3) is 0.316. The number of ether oxygens (including phenoxy) is 1. The third kappa shape index (κ3) is 3.63. The second-order valence-corrected chi connectivity index (χ2v) is 8.05. The van der Waals surface area contributed by atoms with Gasteiger partial charge in [-0.2, -0.15) is 0 Å². The molecular formula is C19H19ClN4O3S. The number of rotatable bonds is 4. The van der Waals surface area contributed by atoms with Gasteiger partial charge in [-0.1, -0.05) is 11.6 Å². The van der Waals surface area contributed by atoms with Crippen molar-refractivity contribution in [3.8, 4) is 0 Å². The molecule has 0 unspecified atom stereocenters. The smallest absolute Gasteiger partial charge is 0.322 e. The average Bonchev–Trinajstić information content (AvgIpc) is 3.07. The lowest BCUT2D eigenvalue weighted by Gasteiger charge is -2.27. The van der Waals surface area contributed by atoms with Crippen molar-refractivity contribution in [1.82, 2.24) is 14.5 Å². The molecule has 0 spiro atoms. The summed E-state index contributed by atoms with van der Waals surface area (Å²) < 4.78 is 6.64. The molecule has 0 atom stereocenters. The number of carbonyl (C=O) groups is 1. The SMILES string of the molecule is COCCn1cnc2sc3c(c2c1=O)CCN(C(=O)Nc1ccc(Cl)cc1)C3. The number of nitrogens with zero attached hydrogens (tertiary/aromatic N) is 3. The van der Waals surface area contributed by atoms with Gasteiger partial charge in [0.1, 0.15) is 4.83 Å². The number of aromatic nitrogens is 2. The van der Waals surface area contributed by atoms with Crippen LogP contribution in [0.15, 0.2) is 35.4 Å². The molecular weight excluding hydrogens is 400 g/mol. The van der Waals surface area contributed by atoms with Gasteiger partial charge in [-0.25, -0.2) is 9.78 Å². The topological polar surface area (TPSA) is 76.5 Å². The summed E-state index contributed by atoms with van der Waals surface area (Å²) in [5.41, 5.74) is 1.66. The second kappa shape index (κ2) is 7.90. The third-order valence-corrected chi connectivity index (χ3v) is 6.12. The number of amides is 2. The Labute approximate surface area is 170 Å². The number of nitrogens with one attached hydrogen (secondary N) is 1. The number of benzene rings is 1. The summed E-state index contributed by atoms with van der Waals surface area (Å²) in [7, 11) is 1.60. The Balaban J connectivity index is 1.56. The van der Waals surface area contributed by atoms with Gasteiger partial charge in [0.15, 0.2) is 0 Å². The lowest BCUT2D eigenvalue weighted by atomic mass is 10.1. The number of hydrogen-bond donors (Lipinski definition) is 1. The van der Waals surface area contributed by atoms with Gasteiger partial charge in [0.25, 0.3) is 5.56 Å². The zero-order chi connectivity index (χ0) is 19.7. The Morgan fingerprint density at radius 1 is 1.36 bits per heavy atom. The normalized spacial score (nSPS) is 13.6. The summed E-state index contributed by atoms with van der Waals surface area (Å²) in [6.07, 6.45) is 2.20. The number of fused-ring (bicyclic) bond motifs is 3. The van der Waals surface area contributed by atoms with Gasteiger partial charge < -0.3 is 15.0 Å². The Morgan fingerprint density at radius 3 is 2.89 bits per heavy atom. The lowest BCUT2D eigenvalue weighted by molar-refractivity contribution is 0.186. The van der Waals surface area contributed by atoms with E-state index >= 15 is 0 Å². The van der Waals surface area contributed by atoms with Crippen LogP contribution in [0.3, 0.4) is 0 Å². The Bertz CT molecular complexity index is 1080. The molecule has 2 aromatic heterocycles. The van der Waals surface area contributed by atoms with Crippen LogP contribution in [0.4, 0.5) is 10.5 Å². The van der Waals surface area contributed by atoms with Gasteiger partial charge in [-0.05, 0) is 36.2 Å². The maximum atomic E-state index is 12.8. The lowest BCUT2D eigenvalue weighted by Crippen LogP contribution is -2.38. The van der Waals surface area contributed by atoms with Gasteiger partial charge in [-0.3, -0.25) is 9.36 Å². The predicted octanol–water partition coefficient (Wildman–Crippen LogP) is 3.35. The van der Waals surface area contributed by atoms with Crippen molar-refractivity contribution >= 4 is 44.9 Å². The molecule has 0 bridgehead atoms. The van der Waals surface area contributed by atoms with Crippen molar-refractivity contribution in [2.45, 2.75) is 19.5 Å². The van der Waals surface area contributed by atoms with E-state index < -0.39 is 0 Å². The van der Waals surface area contributed by atoms with Crippen LogP contribution in [0.25, 0.3) is 10.2 Å². The van der Waals surface area contributed by atoms with Gasteiger partial charge in [0.05, 0.1) is 31.4 Å². The molecule has 9 heteroatoms. The standard InChI is InChI=1S/C19H19ClN4O3S/c1-27-9-8-24-11-21-17-16(18(24)25)14-6-7-23(10-15(14)28-17)19(26)22-13-4-2-12(20)3-5-13/h2-5,11H,6-10H2,1H3,(H,22,26). The van der Waals surface area contributed by atoms with Crippen molar-refractivity contribution in [3.63, 3.8) is 0 Å². The second-order valence-electron chi connectivity index (χ2n) is 6.53. The first-order valence-electron chi connectivity index (χ1n) is 8.87. The number of methoxy groups -OCH3 is 1. The van der Waals surface area contributed by atoms with Crippen molar-refractivity contribution in [2.24, 2.45) is 0 Å². The molecule has 0 saturated carbocycles. The molecule has 2 amide bonds. The molecule has 0 aliphatic carbocycles. The number of anilines is 1. The Morgan fingerprint density at radius 2 is 2.14 bits per heavy atom. The highest BCUT2D eigenvalue weighted by Crippen LogP contribution is 2.32. The van der Waals surface area contributed by atoms with Crippen LogP contribution in [0.1, 0.15) is 10.4 Å². The van der Waals surface area contributed by atoms with Crippen LogP contribution in [-0.2, 0) is 24.2 Å². The van der Waals surface area contributed by atoms with Crippen LogP contribution in [-0.4, -0.2) is 40.7 Å². The maximum absolute atomic E-state index is 12.8. The number of thiophene rings is 1. The van der Waals surface area contributed by atoms with E-state index in [0.29, 0.717) is 48.8 Å². The van der Waals surface area contributed by atoms with Crippen LogP contribution < -0.4 is 10.9 Å². The fourth-order valence-corrected chi connectivity index (χ4v) is 4.60. The molecule has 1 aliphatic rings. The minimum absolute atomic E-state index is 0.0429. The molecule has 0 fully saturated rings. The number of urea groups is 1. The molecule has 4 rings (SSSR count). The highest BCUT2D eigenvalue weighted by Gasteiger charge is 2.26. The van der Waals surface area contributed by atoms with Gasteiger partial charge in [-0.15, -0.1) is 11.3 Å². The summed E-state index contributed by atoms with van der Waals surface area (Å²) in [6, 6.07) is 6.83. The third-order valence-electron chi connectivity index (χ3n) is 4.75. The van der Waals surface area contributed by atoms with Crippen LogP contribution in [0.2, 0.25) is 5.02 Å². The van der Waals surface area contributed by atoms with Crippen LogP contribution >= 0.6 is 22.9 Å². The van der Waals surface area contributed by atoms with E-state index in [-0.39, 0.29) is 11.6 Å². The first-order valence-corrected chi connectivity index (χ1v) is 10.1. The van der Waals surface area contributed by atoms with E-state index in [1.54, 1.807) is 47.2 Å². The zero-order valence-electron chi connectivity index (χ0n) is 15.3. The van der Waals surface area contributed by atoms with E-state index in [2.05, 4.69) is 10.3 Å². The van der Waals surface area contributed by atoms with Gasteiger partial charge in [0.2, 0.25) is 0 Å². The Hall–Kier alpha value is -2.42. The maximum Gasteiger partial charge on any atom is 0.322 e. The van der Waals surface area contributed by atoms with Crippen molar-refractivity contribution in [3.05, 3.63) is 56.4 Å². The molecule has 7 nitrogen and oxygen atoms in total. The highest BCUT2D eigenvalue weighted by atomic mass is 35.5. The monoisotopic (exact) mass is 418 g/mol. The molecule has 0 saturated heterocycles. The summed E-state index contributed by atoms with van der Waals surface area (Å²) >= 11 is 7.36. The van der Waals surface area contributed by atoms with Crippen molar-refractivity contribution in [1.29, 1.82) is 0 Å². The average molecular weight is 419 g/mol. The summed E-state index contributed by atoms with van der Waals surface area (Å²) in [4.78, 5) is 33.4. The van der Waals surface area contributed by atoms with E-state index in [0.717, 1.165) is 15.3 Å². The van der Waals surface area contributed by atoms with Crippen LogP contribution in [0, 0.1) is 0 Å². The van der Waals surface area contributed by atoms with Crippen LogP contribution in [0.5, 0.6) is 0 Å². The minimum Gasteiger partial charge on any atom is -0.383 e. The predicted molar refractivity (Wildman–Crippen MR) is 110 cm³/mol. The first-order chi connectivity index (χ1) is 13.6. The quantitative estimate of drug-likeness (QED) is 0.704. The highest BCUT2D eigenvalue weighted by molar-refractivity contribution is 7.18. The number of hydrogen-bond acceptors (Lipinski definition) is 5. The van der Waals surface area contributed by atoms with Crippen molar-refractivity contribution in [2.75, 3.05) is 25.6 Å². The molecule has 0 radical (unpaired) electrons. The summed E-state index contributed by atoms with van der Waals surface area (Å²) in [6.45, 7) is 1.94.